The van der Waals surface area contributed by atoms with Crippen molar-refractivity contribution in [2.75, 3.05) is 0 Å². The van der Waals surface area contributed by atoms with Gasteiger partial charge in [-0.15, -0.1) is 0 Å². The summed E-state index contributed by atoms with van der Waals surface area (Å²) in [5.41, 5.74) is 11.8. The molecule has 9 rings (SSSR count). The molecule has 9 aromatic rings. The van der Waals surface area contributed by atoms with Gasteiger partial charge in [-0.25, -0.2) is 0 Å². The van der Waals surface area contributed by atoms with Gasteiger partial charge in [0.05, 0.1) is 32.7 Å². The van der Waals surface area contributed by atoms with Gasteiger partial charge in [-0.05, 0) is 172 Å². The number of hydrogen-bond donors (Lipinski definition) is 0. The van der Waals surface area contributed by atoms with Crippen LogP contribution in [-0.4, -0.2) is 0 Å². The SMILES string of the molecule is Cc1ccc([S+](c2ccc(C)cc2)c2ccc(C)cc2)cc1.Cc1ccc([S+](c2ccc(C)cc2)c2ccc(C)cc2)cc1.Cc1ccc([S+](c2ccc(C)cc2)c2ccc(C)cc2)cc1.F[P-](F)(F)(F)(F)F.O=[PH]([O-])[O-]. The maximum atomic E-state index is 9.87. The average Bonchev–Trinajstić information content (AvgIpc) is 3.37. The average molecular weight is 1140 g/mol. The third kappa shape index (κ3) is 22.6. The van der Waals surface area contributed by atoms with Crippen LogP contribution in [0.3, 0.4) is 0 Å². The zero-order valence-electron chi connectivity index (χ0n) is 44.4. The first-order chi connectivity index (χ1) is 36.1. The van der Waals surface area contributed by atoms with Crippen molar-refractivity contribution >= 4 is 48.7 Å². The molecule has 9 aromatic carbocycles. The molecule has 0 atom stereocenters. The van der Waals surface area contributed by atoms with E-state index in [-0.39, 0.29) is 32.7 Å². The van der Waals surface area contributed by atoms with Crippen molar-refractivity contribution in [1.29, 1.82) is 0 Å². The van der Waals surface area contributed by atoms with Crippen molar-refractivity contribution < 1.29 is 39.5 Å². The molecule has 0 saturated heterocycles. The standard InChI is InChI=1S/3C21H21S.F6P.H3O3P/c3*1-16-4-10-19(11-5-16)22(20-12-6-17(2)7-13-20)21-14-8-18(3)9-15-21;1-7(2,3,4,5)6;1-4(2)3/h3*4-15H,1-3H3;;4H,(H2,1,2,3)/q3*+1;-1;/p-2. The van der Waals surface area contributed by atoms with E-state index < -0.39 is 16.1 Å². The molecule has 14 heteroatoms. The van der Waals surface area contributed by atoms with E-state index in [1.165, 1.54) is 94.1 Å². The fraction of sp³-hybridized carbons (Fsp3) is 0.143. The van der Waals surface area contributed by atoms with Gasteiger partial charge in [0, 0.05) is 0 Å². The number of hydrogen-bond acceptors (Lipinski definition) is 3. The van der Waals surface area contributed by atoms with E-state index in [9.17, 15) is 25.2 Å². The van der Waals surface area contributed by atoms with Crippen molar-refractivity contribution in [3.63, 3.8) is 0 Å². The van der Waals surface area contributed by atoms with Crippen LogP contribution in [-0.2, 0) is 37.2 Å². The second-order valence-corrected chi connectivity index (χ2v) is 26.9. The third-order valence-electron chi connectivity index (χ3n) is 11.3. The molecule has 0 heterocycles. The van der Waals surface area contributed by atoms with Crippen LogP contribution in [0.15, 0.2) is 262 Å². The Morgan fingerprint density at radius 1 is 0.247 bits per heavy atom. The number of halogens is 6. The summed E-state index contributed by atoms with van der Waals surface area (Å²) in [5, 5.41) is 0. The van der Waals surface area contributed by atoms with E-state index in [0.29, 0.717) is 0 Å². The predicted octanol–water partition coefficient (Wildman–Crippen LogP) is 18.6. The van der Waals surface area contributed by atoms with Crippen LogP contribution in [0.1, 0.15) is 50.1 Å². The van der Waals surface area contributed by atoms with Crippen molar-refractivity contribution in [2.24, 2.45) is 0 Å². The van der Waals surface area contributed by atoms with Crippen molar-refractivity contribution in [2.45, 2.75) is 106 Å². The molecule has 0 radical (unpaired) electrons. The van der Waals surface area contributed by atoms with Crippen LogP contribution in [0.4, 0.5) is 25.2 Å². The largest absolute Gasteiger partial charge is 0.813 e. The number of benzene rings is 9. The van der Waals surface area contributed by atoms with E-state index in [1.54, 1.807) is 0 Å². The summed E-state index contributed by atoms with van der Waals surface area (Å²) in [6.07, 6.45) is 0. The number of aryl methyl sites for hydroxylation is 9. The summed E-state index contributed by atoms with van der Waals surface area (Å²) in [5.74, 6) is 0. The summed E-state index contributed by atoms with van der Waals surface area (Å²) in [7, 11) is -14.4. The van der Waals surface area contributed by atoms with Crippen LogP contribution in [0.5, 0.6) is 0 Å². The van der Waals surface area contributed by atoms with Crippen LogP contribution in [0.2, 0.25) is 0 Å². The van der Waals surface area contributed by atoms with Crippen molar-refractivity contribution in [3.8, 4) is 0 Å². The van der Waals surface area contributed by atoms with Crippen LogP contribution in [0.25, 0.3) is 0 Å². The molecular weight excluding hydrogens is 1080 g/mol. The van der Waals surface area contributed by atoms with Gasteiger partial charge in [0.25, 0.3) is 0 Å². The Hall–Kier alpha value is -5.81. The Morgan fingerprint density at radius 3 is 0.377 bits per heavy atom. The van der Waals surface area contributed by atoms with Gasteiger partial charge in [0.15, 0.2) is 44.1 Å². The van der Waals surface area contributed by atoms with Gasteiger partial charge in [-0.1, -0.05) is 168 Å². The molecule has 0 N–H and O–H groups in total. The topological polar surface area (TPSA) is 63.2 Å². The molecule has 404 valence electrons. The summed E-state index contributed by atoms with van der Waals surface area (Å²) >= 11 is 0. The molecule has 0 aliphatic carbocycles. The third-order valence-corrected chi connectivity index (χ3v) is 18.0. The maximum absolute atomic E-state index is 10.7. The van der Waals surface area contributed by atoms with Crippen LogP contribution < -0.4 is 9.79 Å². The minimum Gasteiger partial charge on any atom is -0.813 e. The minimum atomic E-state index is -10.7. The smallest absolute Gasteiger partial charge is 0.0813 e. The Labute approximate surface area is 460 Å². The summed E-state index contributed by atoms with van der Waals surface area (Å²) < 4.78 is 67.7. The second kappa shape index (κ2) is 27.2. The van der Waals surface area contributed by atoms with Gasteiger partial charge in [-0.3, -0.25) is 0 Å². The zero-order chi connectivity index (χ0) is 56.6. The van der Waals surface area contributed by atoms with Gasteiger partial charge >= 0.3 is 33.0 Å². The fourth-order valence-corrected chi connectivity index (χ4v) is 13.4. The first-order valence-corrected chi connectivity index (χ1v) is 31.3. The normalized spacial score (nSPS) is 11.9. The van der Waals surface area contributed by atoms with Gasteiger partial charge in [0.2, 0.25) is 0 Å². The summed E-state index contributed by atoms with van der Waals surface area (Å²) in [6, 6.07) is 80.4. The molecule has 0 saturated carbocycles. The second-order valence-electron chi connectivity index (χ2n) is 18.4. The first-order valence-electron chi connectivity index (χ1n) is 24.4. The van der Waals surface area contributed by atoms with E-state index in [2.05, 4.69) is 281 Å². The molecule has 0 aromatic heterocycles. The van der Waals surface area contributed by atoms with E-state index in [4.69, 9.17) is 14.4 Å². The molecule has 0 fully saturated rings. The van der Waals surface area contributed by atoms with Crippen LogP contribution in [0, 0.1) is 62.3 Å². The van der Waals surface area contributed by atoms with Crippen molar-refractivity contribution in [1.82, 2.24) is 0 Å². The van der Waals surface area contributed by atoms with Crippen LogP contribution >= 0.6 is 16.1 Å². The maximum Gasteiger partial charge on any atom is -0.0813 e. The molecule has 0 aliphatic rings. The quantitative estimate of drug-likeness (QED) is 0.0822. The van der Waals surface area contributed by atoms with Gasteiger partial charge in [0.1, 0.15) is 0 Å². The molecule has 0 spiro atoms. The minimum absolute atomic E-state index is 0.0394. The monoisotopic (exact) mass is 1140 g/mol. The van der Waals surface area contributed by atoms with E-state index >= 15 is 0 Å². The Kier molecular flexibility index (Phi) is 21.9. The molecule has 0 unspecified atom stereocenters. The van der Waals surface area contributed by atoms with E-state index in [1.807, 2.05) is 0 Å². The van der Waals surface area contributed by atoms with Gasteiger partial charge < -0.3 is 14.4 Å². The molecule has 0 aliphatic heterocycles. The Bertz CT molecular complexity index is 2590. The summed E-state index contributed by atoms with van der Waals surface area (Å²) in [6.45, 7) is 19.2. The molecule has 3 nitrogen and oxygen atoms in total. The zero-order valence-corrected chi connectivity index (χ0v) is 48.8. The van der Waals surface area contributed by atoms with E-state index in [0.717, 1.165) is 0 Å². The molecular formula is C63H64F6O3P2S3. The predicted molar refractivity (Wildman–Crippen MR) is 310 cm³/mol. The molecule has 77 heavy (non-hydrogen) atoms. The Balaban J connectivity index is 0.000000194. The fourth-order valence-electron chi connectivity index (χ4n) is 7.29. The molecule has 0 amide bonds. The van der Waals surface area contributed by atoms with Gasteiger partial charge in [-0.2, -0.15) is 0 Å². The molecule has 0 bridgehead atoms. The first kappa shape index (κ1) is 62.0. The Morgan fingerprint density at radius 2 is 0.312 bits per heavy atom. The van der Waals surface area contributed by atoms with Crippen molar-refractivity contribution in [3.05, 3.63) is 268 Å². The number of rotatable bonds is 9. The summed E-state index contributed by atoms with van der Waals surface area (Å²) in [4.78, 5) is 29.4.